The summed E-state index contributed by atoms with van der Waals surface area (Å²) in [4.78, 5) is 18.6. The van der Waals surface area contributed by atoms with Crippen molar-refractivity contribution in [3.63, 3.8) is 0 Å². The first-order valence-electron chi connectivity index (χ1n) is 6.87. The first kappa shape index (κ1) is 14.2. The number of carbonyl (C=O) groups is 1. The van der Waals surface area contributed by atoms with E-state index in [-0.39, 0.29) is 11.7 Å². The van der Waals surface area contributed by atoms with Crippen molar-refractivity contribution in [2.75, 3.05) is 19.6 Å². The lowest BCUT2D eigenvalue weighted by molar-refractivity contribution is 0.0704. The first-order chi connectivity index (χ1) is 10.1. The fraction of sp³-hybridized carbons (Fsp3) is 0.333. The molecule has 1 N–H and O–H groups in total. The molecule has 1 aromatic heterocycles. The second-order valence-corrected chi connectivity index (χ2v) is 6.01. The van der Waals surface area contributed by atoms with Gasteiger partial charge < -0.3 is 10.2 Å². The van der Waals surface area contributed by atoms with Crippen LogP contribution >= 0.6 is 11.3 Å². The van der Waals surface area contributed by atoms with Gasteiger partial charge in [0.2, 0.25) is 0 Å². The average Bonchev–Trinajstić information content (AvgIpc) is 2.97. The molecule has 0 bridgehead atoms. The van der Waals surface area contributed by atoms with Gasteiger partial charge in [-0.1, -0.05) is 0 Å². The molecular formula is C15H16FN3OS. The Hall–Kier alpha value is -1.79. The number of carbonyl (C=O) groups excluding carboxylic acids is 1. The van der Waals surface area contributed by atoms with Gasteiger partial charge in [-0.2, -0.15) is 0 Å². The Morgan fingerprint density at radius 3 is 2.90 bits per heavy atom. The Labute approximate surface area is 126 Å². The van der Waals surface area contributed by atoms with E-state index in [2.05, 4.69) is 17.2 Å². The fourth-order valence-electron chi connectivity index (χ4n) is 2.38. The van der Waals surface area contributed by atoms with Crippen LogP contribution in [0.5, 0.6) is 0 Å². The van der Waals surface area contributed by atoms with Gasteiger partial charge in [0, 0.05) is 36.6 Å². The zero-order valence-electron chi connectivity index (χ0n) is 11.7. The SMILES string of the molecule is CC1CN(C(=O)c2csc(-c3ccc(F)cc3)n2)CCN1. The molecule has 1 unspecified atom stereocenters. The van der Waals surface area contributed by atoms with E-state index in [4.69, 9.17) is 0 Å². The first-order valence-corrected chi connectivity index (χ1v) is 7.75. The summed E-state index contributed by atoms with van der Waals surface area (Å²) in [5, 5.41) is 5.82. The molecule has 21 heavy (non-hydrogen) atoms. The van der Waals surface area contributed by atoms with Gasteiger partial charge in [-0.3, -0.25) is 4.79 Å². The minimum Gasteiger partial charge on any atom is -0.334 e. The zero-order valence-corrected chi connectivity index (χ0v) is 12.5. The summed E-state index contributed by atoms with van der Waals surface area (Å²) >= 11 is 1.40. The molecule has 6 heteroatoms. The standard InChI is InChI=1S/C15H16FN3OS/c1-10-8-19(7-6-17-10)15(20)13-9-21-14(18-13)11-2-4-12(16)5-3-11/h2-5,9-10,17H,6-8H2,1H3. The summed E-state index contributed by atoms with van der Waals surface area (Å²) in [6.45, 7) is 4.26. The lowest BCUT2D eigenvalue weighted by atomic mass is 10.2. The molecule has 0 saturated carbocycles. The van der Waals surface area contributed by atoms with Crippen LogP contribution in [-0.4, -0.2) is 41.5 Å². The third kappa shape index (κ3) is 3.11. The van der Waals surface area contributed by atoms with E-state index in [1.807, 2.05) is 4.90 Å². The number of aromatic nitrogens is 1. The van der Waals surface area contributed by atoms with Gasteiger partial charge in [0.05, 0.1) is 0 Å². The van der Waals surface area contributed by atoms with Crippen molar-refractivity contribution in [3.05, 3.63) is 41.2 Å². The third-order valence-electron chi connectivity index (χ3n) is 3.47. The van der Waals surface area contributed by atoms with E-state index in [0.717, 1.165) is 17.1 Å². The number of rotatable bonds is 2. The van der Waals surface area contributed by atoms with Gasteiger partial charge in [0.1, 0.15) is 16.5 Å². The van der Waals surface area contributed by atoms with E-state index in [0.29, 0.717) is 24.8 Å². The summed E-state index contributed by atoms with van der Waals surface area (Å²) in [6.07, 6.45) is 0. The molecule has 2 aromatic rings. The van der Waals surface area contributed by atoms with Crippen molar-refractivity contribution in [2.24, 2.45) is 0 Å². The molecule has 4 nitrogen and oxygen atoms in total. The van der Waals surface area contributed by atoms with Crippen molar-refractivity contribution >= 4 is 17.2 Å². The van der Waals surface area contributed by atoms with Gasteiger partial charge in [0.25, 0.3) is 5.91 Å². The van der Waals surface area contributed by atoms with Crippen molar-refractivity contribution in [3.8, 4) is 10.6 Å². The second kappa shape index (κ2) is 5.91. The minimum absolute atomic E-state index is 0.0343. The van der Waals surface area contributed by atoms with Crippen LogP contribution in [0, 0.1) is 5.82 Å². The van der Waals surface area contributed by atoms with Crippen LogP contribution in [-0.2, 0) is 0 Å². The second-order valence-electron chi connectivity index (χ2n) is 5.15. The van der Waals surface area contributed by atoms with Crippen LogP contribution in [0.15, 0.2) is 29.6 Å². The molecule has 0 spiro atoms. The number of nitrogens with one attached hydrogen (secondary N) is 1. The number of benzene rings is 1. The molecule has 1 atom stereocenters. The maximum absolute atomic E-state index is 12.9. The number of hydrogen-bond acceptors (Lipinski definition) is 4. The number of amides is 1. The molecule has 1 fully saturated rings. The van der Waals surface area contributed by atoms with Crippen molar-refractivity contribution < 1.29 is 9.18 Å². The summed E-state index contributed by atoms with van der Waals surface area (Å²) in [5.41, 5.74) is 1.29. The maximum Gasteiger partial charge on any atom is 0.273 e. The number of piperazine rings is 1. The predicted octanol–water partition coefficient (Wildman–Crippen LogP) is 2.38. The summed E-state index contributed by atoms with van der Waals surface area (Å²) in [7, 11) is 0. The molecule has 3 rings (SSSR count). The maximum atomic E-state index is 12.9. The molecule has 2 heterocycles. The topological polar surface area (TPSA) is 45.2 Å². The highest BCUT2D eigenvalue weighted by molar-refractivity contribution is 7.13. The molecule has 0 radical (unpaired) electrons. The average molecular weight is 305 g/mol. The van der Waals surface area contributed by atoms with Crippen LogP contribution in [0.2, 0.25) is 0 Å². The van der Waals surface area contributed by atoms with Crippen molar-refractivity contribution in [1.29, 1.82) is 0 Å². The summed E-state index contributed by atoms with van der Waals surface area (Å²) in [5.74, 6) is -0.311. The van der Waals surface area contributed by atoms with Crippen molar-refractivity contribution in [1.82, 2.24) is 15.2 Å². The molecule has 1 aliphatic heterocycles. The Morgan fingerprint density at radius 1 is 1.43 bits per heavy atom. The molecule has 1 aliphatic rings. The number of nitrogens with zero attached hydrogens (tertiary/aromatic N) is 2. The van der Waals surface area contributed by atoms with Gasteiger partial charge in [-0.05, 0) is 31.2 Å². The van der Waals surface area contributed by atoms with Gasteiger partial charge in [-0.25, -0.2) is 9.37 Å². The lowest BCUT2D eigenvalue weighted by Crippen LogP contribution is -2.51. The lowest BCUT2D eigenvalue weighted by Gasteiger charge is -2.31. The minimum atomic E-state index is -0.276. The van der Waals surface area contributed by atoms with Crippen LogP contribution in [0.3, 0.4) is 0 Å². The Bertz CT molecular complexity index is 641. The highest BCUT2D eigenvalue weighted by Gasteiger charge is 2.23. The normalized spacial score (nSPS) is 18.8. The molecule has 1 aromatic carbocycles. The quantitative estimate of drug-likeness (QED) is 0.926. The highest BCUT2D eigenvalue weighted by Crippen LogP contribution is 2.24. The van der Waals surface area contributed by atoms with E-state index < -0.39 is 0 Å². The fourth-order valence-corrected chi connectivity index (χ4v) is 3.18. The molecule has 110 valence electrons. The Morgan fingerprint density at radius 2 is 2.19 bits per heavy atom. The van der Waals surface area contributed by atoms with Crippen LogP contribution in [0.4, 0.5) is 4.39 Å². The summed E-state index contributed by atoms with van der Waals surface area (Å²) in [6, 6.07) is 6.45. The van der Waals surface area contributed by atoms with Gasteiger partial charge in [0.15, 0.2) is 0 Å². The largest absolute Gasteiger partial charge is 0.334 e. The number of hydrogen-bond donors (Lipinski definition) is 1. The third-order valence-corrected chi connectivity index (χ3v) is 4.36. The Kier molecular flexibility index (Phi) is 3.98. The van der Waals surface area contributed by atoms with E-state index in [1.54, 1.807) is 17.5 Å². The van der Waals surface area contributed by atoms with E-state index >= 15 is 0 Å². The molecule has 1 amide bonds. The zero-order chi connectivity index (χ0) is 14.8. The molecule has 0 aliphatic carbocycles. The van der Waals surface area contributed by atoms with Gasteiger partial charge >= 0.3 is 0 Å². The predicted molar refractivity (Wildman–Crippen MR) is 80.9 cm³/mol. The van der Waals surface area contributed by atoms with E-state index in [9.17, 15) is 9.18 Å². The van der Waals surface area contributed by atoms with Crippen LogP contribution in [0.25, 0.3) is 10.6 Å². The van der Waals surface area contributed by atoms with E-state index in [1.165, 1.54) is 23.5 Å². The highest BCUT2D eigenvalue weighted by atomic mass is 32.1. The smallest absolute Gasteiger partial charge is 0.273 e. The van der Waals surface area contributed by atoms with Gasteiger partial charge in [-0.15, -0.1) is 11.3 Å². The monoisotopic (exact) mass is 305 g/mol. The van der Waals surface area contributed by atoms with Crippen LogP contribution in [0.1, 0.15) is 17.4 Å². The molecule has 1 saturated heterocycles. The number of halogens is 1. The molecular weight excluding hydrogens is 289 g/mol. The Balaban J connectivity index is 1.78. The number of thiazole rings is 1. The van der Waals surface area contributed by atoms with Crippen molar-refractivity contribution in [2.45, 2.75) is 13.0 Å². The summed E-state index contributed by atoms with van der Waals surface area (Å²) < 4.78 is 12.9. The van der Waals surface area contributed by atoms with Crippen LogP contribution < -0.4 is 5.32 Å².